The van der Waals surface area contributed by atoms with Crippen LogP contribution in [0.5, 0.6) is 23.0 Å². The summed E-state index contributed by atoms with van der Waals surface area (Å²) in [6.45, 7) is -0.661. The number of fused-ring (bicyclic) bond motifs is 1. The summed E-state index contributed by atoms with van der Waals surface area (Å²) >= 11 is 0. The van der Waals surface area contributed by atoms with Crippen molar-refractivity contribution >= 4 is 11.0 Å². The minimum atomic E-state index is -1.71. The van der Waals surface area contributed by atoms with Crippen LogP contribution < -0.4 is 14.9 Å². The minimum Gasteiger partial charge on any atom is -0.508 e. The molecule has 1 aliphatic rings. The Labute approximate surface area is 186 Å². The molecule has 176 valence electrons. The number of ether oxygens (including phenoxy) is 3. The highest BCUT2D eigenvalue weighted by Crippen LogP contribution is 2.35. The Balaban J connectivity index is 1.75. The molecule has 0 amide bonds. The number of hydrogen-bond donors (Lipinski definition) is 6. The fraction of sp³-hybridized carbons (Fsp3) is 0.318. The summed E-state index contributed by atoms with van der Waals surface area (Å²) < 4.78 is 21.6. The number of aliphatic hydroxyl groups excluding tert-OH is 4. The number of hydrogen-bond acceptors (Lipinski definition) is 11. The summed E-state index contributed by atoms with van der Waals surface area (Å²) in [4.78, 5) is 12.9. The first-order chi connectivity index (χ1) is 15.7. The lowest BCUT2D eigenvalue weighted by molar-refractivity contribution is -0.277. The minimum absolute atomic E-state index is 0.0626. The molecule has 0 radical (unpaired) electrons. The van der Waals surface area contributed by atoms with Crippen LogP contribution in [-0.4, -0.2) is 75.1 Å². The number of phenolic OH excluding ortho intramolecular Hbond substituents is 2. The summed E-state index contributed by atoms with van der Waals surface area (Å²) in [5, 5.41) is 59.5. The van der Waals surface area contributed by atoms with Crippen molar-refractivity contribution in [1.82, 2.24) is 0 Å². The zero-order valence-corrected chi connectivity index (χ0v) is 17.3. The van der Waals surface area contributed by atoms with Gasteiger partial charge in [-0.05, 0) is 18.2 Å². The molecule has 0 aliphatic carbocycles. The summed E-state index contributed by atoms with van der Waals surface area (Å²) in [5.74, 6) is -0.392. The Morgan fingerprint density at radius 2 is 1.73 bits per heavy atom. The highest BCUT2D eigenvalue weighted by atomic mass is 16.7. The lowest BCUT2D eigenvalue weighted by Crippen LogP contribution is -2.60. The Morgan fingerprint density at radius 3 is 2.39 bits per heavy atom. The van der Waals surface area contributed by atoms with Gasteiger partial charge in [0.05, 0.1) is 13.7 Å². The van der Waals surface area contributed by atoms with Gasteiger partial charge in [-0.1, -0.05) is 0 Å². The molecule has 1 unspecified atom stereocenters. The standard InChI is InChI=1S/C22H22O11/c1-30-13-3-2-9(4-11(13)25)14-7-12(26)18-15(31-14)5-10(24)6-16(18)32-22-21(29)20(28)19(27)17(8-23)33-22/h2-7,17,19-25,27-29H,8H2,1H3/t17-,19-,20+,21-,22?/m1/s1. The first kappa shape index (κ1) is 22.8. The largest absolute Gasteiger partial charge is 0.508 e. The molecule has 33 heavy (non-hydrogen) atoms. The third-order valence-electron chi connectivity index (χ3n) is 5.33. The smallest absolute Gasteiger partial charge is 0.229 e. The second kappa shape index (κ2) is 8.89. The average Bonchev–Trinajstić information content (AvgIpc) is 2.78. The topological polar surface area (TPSA) is 179 Å². The van der Waals surface area contributed by atoms with Crippen LogP contribution in [0.25, 0.3) is 22.3 Å². The van der Waals surface area contributed by atoms with E-state index in [2.05, 4.69) is 0 Å². The van der Waals surface area contributed by atoms with E-state index in [0.717, 1.165) is 12.1 Å². The fourth-order valence-corrected chi connectivity index (χ4v) is 3.61. The van der Waals surface area contributed by atoms with Gasteiger partial charge in [0.2, 0.25) is 6.29 Å². The molecule has 4 rings (SSSR count). The lowest BCUT2D eigenvalue weighted by Gasteiger charge is -2.39. The van der Waals surface area contributed by atoms with Crippen molar-refractivity contribution in [2.75, 3.05) is 13.7 Å². The summed E-state index contributed by atoms with van der Waals surface area (Å²) in [6, 6.07) is 7.84. The summed E-state index contributed by atoms with van der Waals surface area (Å²) in [5.41, 5.74) is -0.263. The second-order valence-corrected chi connectivity index (χ2v) is 7.49. The van der Waals surface area contributed by atoms with Crippen molar-refractivity contribution in [3.63, 3.8) is 0 Å². The quantitative estimate of drug-likeness (QED) is 0.302. The van der Waals surface area contributed by atoms with E-state index in [1.807, 2.05) is 0 Å². The monoisotopic (exact) mass is 462 g/mol. The third kappa shape index (κ3) is 4.19. The van der Waals surface area contributed by atoms with E-state index >= 15 is 0 Å². The molecule has 1 saturated heterocycles. The van der Waals surface area contributed by atoms with Crippen molar-refractivity contribution in [1.29, 1.82) is 0 Å². The maximum absolute atomic E-state index is 12.9. The number of benzene rings is 2. The van der Waals surface area contributed by atoms with Crippen LogP contribution in [0, 0.1) is 0 Å². The van der Waals surface area contributed by atoms with Crippen molar-refractivity contribution in [3.8, 4) is 34.3 Å². The van der Waals surface area contributed by atoms with E-state index in [1.165, 1.54) is 25.3 Å². The molecular formula is C22H22O11. The van der Waals surface area contributed by atoms with Crippen LogP contribution in [0.3, 0.4) is 0 Å². The normalized spacial score (nSPS) is 25.2. The van der Waals surface area contributed by atoms with Crippen LogP contribution in [0.4, 0.5) is 0 Å². The lowest BCUT2D eigenvalue weighted by atomic mass is 9.99. The van der Waals surface area contributed by atoms with Crippen LogP contribution in [0.2, 0.25) is 0 Å². The van der Waals surface area contributed by atoms with E-state index in [-0.39, 0.29) is 39.7 Å². The molecular weight excluding hydrogens is 440 g/mol. The number of aliphatic hydroxyl groups is 4. The van der Waals surface area contributed by atoms with Crippen LogP contribution in [-0.2, 0) is 4.74 Å². The van der Waals surface area contributed by atoms with Gasteiger partial charge >= 0.3 is 0 Å². The fourth-order valence-electron chi connectivity index (χ4n) is 3.61. The number of rotatable bonds is 5. The Bertz CT molecular complexity index is 1220. The first-order valence-electron chi connectivity index (χ1n) is 9.89. The van der Waals surface area contributed by atoms with E-state index in [0.29, 0.717) is 5.56 Å². The number of aromatic hydroxyl groups is 2. The Hall–Kier alpha value is -3.35. The molecule has 1 aromatic heterocycles. The predicted molar refractivity (Wildman–Crippen MR) is 112 cm³/mol. The van der Waals surface area contributed by atoms with Gasteiger partial charge < -0.3 is 49.3 Å². The van der Waals surface area contributed by atoms with Crippen LogP contribution >= 0.6 is 0 Å². The van der Waals surface area contributed by atoms with Gasteiger partial charge in [-0.15, -0.1) is 0 Å². The Morgan fingerprint density at radius 1 is 0.970 bits per heavy atom. The van der Waals surface area contributed by atoms with Gasteiger partial charge in [0, 0.05) is 23.8 Å². The molecule has 2 heterocycles. The molecule has 11 nitrogen and oxygen atoms in total. The van der Waals surface area contributed by atoms with Crippen molar-refractivity contribution in [2.24, 2.45) is 0 Å². The van der Waals surface area contributed by atoms with Crippen LogP contribution in [0.15, 0.2) is 45.6 Å². The number of phenols is 2. The zero-order valence-electron chi connectivity index (χ0n) is 17.3. The molecule has 11 heteroatoms. The van der Waals surface area contributed by atoms with Crippen molar-refractivity contribution in [2.45, 2.75) is 30.7 Å². The molecule has 1 fully saturated rings. The van der Waals surface area contributed by atoms with Gasteiger partial charge in [-0.25, -0.2) is 0 Å². The maximum atomic E-state index is 12.9. The van der Waals surface area contributed by atoms with E-state index < -0.39 is 42.7 Å². The van der Waals surface area contributed by atoms with E-state index in [4.69, 9.17) is 18.6 Å². The highest BCUT2D eigenvalue weighted by Gasteiger charge is 2.45. The molecule has 2 aromatic carbocycles. The number of methoxy groups -OCH3 is 1. The average molecular weight is 462 g/mol. The van der Waals surface area contributed by atoms with E-state index in [9.17, 15) is 35.4 Å². The molecule has 5 atom stereocenters. The Kier molecular flexibility index (Phi) is 6.15. The molecule has 6 N–H and O–H groups in total. The highest BCUT2D eigenvalue weighted by molar-refractivity contribution is 5.86. The molecule has 0 bridgehead atoms. The zero-order chi connectivity index (χ0) is 23.9. The summed E-state index contributed by atoms with van der Waals surface area (Å²) in [6.07, 6.45) is -7.77. The summed E-state index contributed by atoms with van der Waals surface area (Å²) in [7, 11) is 1.39. The second-order valence-electron chi connectivity index (χ2n) is 7.49. The predicted octanol–water partition coefficient (Wildman–Crippen LogP) is 0.0585. The van der Waals surface area contributed by atoms with Crippen molar-refractivity contribution < 1.29 is 49.3 Å². The van der Waals surface area contributed by atoms with E-state index in [1.54, 1.807) is 6.07 Å². The molecule has 0 saturated carbocycles. The van der Waals surface area contributed by atoms with Gasteiger partial charge in [0.1, 0.15) is 52.6 Å². The molecule has 3 aromatic rings. The SMILES string of the molecule is COc1ccc(-c2cc(=O)c3c(OC4O[C@H](CO)[C@@H](O)[C@H](O)[C@H]4O)cc(O)cc3o2)cc1O. The first-order valence-corrected chi connectivity index (χ1v) is 9.89. The van der Waals surface area contributed by atoms with Gasteiger partial charge in [0.15, 0.2) is 16.9 Å². The van der Waals surface area contributed by atoms with Gasteiger partial charge in [-0.2, -0.15) is 0 Å². The molecule has 0 spiro atoms. The third-order valence-corrected chi connectivity index (χ3v) is 5.33. The van der Waals surface area contributed by atoms with Gasteiger partial charge in [-0.3, -0.25) is 4.79 Å². The van der Waals surface area contributed by atoms with Crippen LogP contribution in [0.1, 0.15) is 0 Å². The maximum Gasteiger partial charge on any atom is 0.229 e. The molecule has 1 aliphatic heterocycles. The van der Waals surface area contributed by atoms with Gasteiger partial charge in [0.25, 0.3) is 0 Å². The van der Waals surface area contributed by atoms with Crippen molar-refractivity contribution in [3.05, 3.63) is 46.6 Å².